The van der Waals surface area contributed by atoms with E-state index in [1.165, 1.54) is 6.21 Å². The minimum Gasteiger partial charge on any atom is -0.507 e. The van der Waals surface area contributed by atoms with E-state index in [0.717, 1.165) is 16.5 Å². The summed E-state index contributed by atoms with van der Waals surface area (Å²) in [7, 11) is 1.89. The third-order valence-corrected chi connectivity index (χ3v) is 3.72. The molecule has 5 nitrogen and oxygen atoms in total. The van der Waals surface area contributed by atoms with Gasteiger partial charge in [-0.25, -0.2) is 5.43 Å². The van der Waals surface area contributed by atoms with Crippen molar-refractivity contribution in [2.45, 2.75) is 6.42 Å². The first kappa shape index (κ1) is 14.8. The molecule has 2 aromatic carbocycles. The number of hydrogen-bond acceptors (Lipinski definition) is 3. The van der Waals surface area contributed by atoms with Crippen LogP contribution in [0.1, 0.15) is 11.3 Å². The zero-order valence-electron chi connectivity index (χ0n) is 12.7. The highest BCUT2D eigenvalue weighted by Gasteiger charge is 2.06. The van der Waals surface area contributed by atoms with Crippen LogP contribution in [0.4, 0.5) is 0 Å². The van der Waals surface area contributed by atoms with E-state index >= 15 is 0 Å². The summed E-state index contributed by atoms with van der Waals surface area (Å²) in [5.41, 5.74) is 3.99. The van der Waals surface area contributed by atoms with Crippen molar-refractivity contribution in [3.05, 3.63) is 66.0 Å². The number of carbonyl (C=O) groups is 1. The molecule has 3 rings (SSSR count). The molecule has 0 radical (unpaired) electrons. The van der Waals surface area contributed by atoms with Gasteiger partial charge in [0, 0.05) is 24.5 Å². The Balaban J connectivity index is 1.74. The summed E-state index contributed by atoms with van der Waals surface area (Å²) in [5, 5.41) is 15.9. The number of fused-ring (bicyclic) bond motifs is 1. The Kier molecular flexibility index (Phi) is 4.10. The molecule has 2 N–H and O–H groups in total. The van der Waals surface area contributed by atoms with E-state index in [9.17, 15) is 9.90 Å². The maximum absolute atomic E-state index is 11.9. The molecule has 0 aliphatic rings. The molecule has 1 amide bonds. The molecule has 0 aliphatic carbocycles. The minimum atomic E-state index is -0.206. The van der Waals surface area contributed by atoms with Gasteiger partial charge in [-0.1, -0.05) is 30.3 Å². The number of amides is 1. The number of nitrogens with one attached hydrogen (secondary N) is 1. The summed E-state index contributed by atoms with van der Waals surface area (Å²) in [5.74, 6) is -0.0769. The first-order valence-corrected chi connectivity index (χ1v) is 7.28. The standard InChI is InChI=1S/C18H17N3O2/c1-21-10-4-6-14(21)11-18(23)20-19-12-16-15-7-3-2-5-13(15)8-9-17(16)22/h2-10,12,22H,11H2,1H3,(H,20,23). The fraction of sp³-hybridized carbons (Fsp3) is 0.111. The van der Waals surface area contributed by atoms with Crippen LogP contribution in [-0.4, -0.2) is 21.8 Å². The van der Waals surface area contributed by atoms with Gasteiger partial charge in [-0.2, -0.15) is 5.10 Å². The smallest absolute Gasteiger partial charge is 0.245 e. The molecule has 1 heterocycles. The number of phenolic OH excluding ortho intramolecular Hbond substituents is 1. The summed E-state index contributed by atoms with van der Waals surface area (Å²) in [6.45, 7) is 0. The first-order valence-electron chi connectivity index (χ1n) is 7.28. The maximum atomic E-state index is 11.9. The Labute approximate surface area is 133 Å². The van der Waals surface area contributed by atoms with Gasteiger partial charge in [0.05, 0.1) is 12.6 Å². The molecule has 1 aromatic heterocycles. The third-order valence-electron chi connectivity index (χ3n) is 3.72. The molecular formula is C18H17N3O2. The van der Waals surface area contributed by atoms with Crippen LogP contribution in [0, 0.1) is 0 Å². The predicted octanol–water partition coefficient (Wildman–Crippen LogP) is 2.58. The van der Waals surface area contributed by atoms with Crippen LogP contribution >= 0.6 is 0 Å². The largest absolute Gasteiger partial charge is 0.507 e. The molecule has 0 spiro atoms. The van der Waals surface area contributed by atoms with Crippen LogP contribution in [0.3, 0.4) is 0 Å². The van der Waals surface area contributed by atoms with Crippen molar-refractivity contribution in [3.63, 3.8) is 0 Å². The summed E-state index contributed by atoms with van der Waals surface area (Å²) < 4.78 is 1.89. The van der Waals surface area contributed by atoms with Gasteiger partial charge < -0.3 is 9.67 Å². The molecule has 0 atom stereocenters. The number of rotatable bonds is 4. The van der Waals surface area contributed by atoms with Gasteiger partial charge in [0.2, 0.25) is 5.91 Å². The maximum Gasteiger partial charge on any atom is 0.245 e. The van der Waals surface area contributed by atoms with Gasteiger partial charge in [-0.15, -0.1) is 0 Å². The number of phenols is 1. The van der Waals surface area contributed by atoms with E-state index in [1.54, 1.807) is 6.07 Å². The van der Waals surface area contributed by atoms with Crippen LogP contribution < -0.4 is 5.43 Å². The van der Waals surface area contributed by atoms with E-state index in [-0.39, 0.29) is 18.1 Å². The zero-order valence-corrected chi connectivity index (χ0v) is 12.7. The first-order chi connectivity index (χ1) is 11.1. The Morgan fingerprint density at radius 3 is 2.83 bits per heavy atom. The Hall–Kier alpha value is -3.08. The van der Waals surface area contributed by atoms with Gasteiger partial charge in [0.15, 0.2) is 0 Å². The predicted molar refractivity (Wildman–Crippen MR) is 90.5 cm³/mol. The molecule has 0 unspecified atom stereocenters. The van der Waals surface area contributed by atoms with Crippen molar-refractivity contribution in [3.8, 4) is 5.75 Å². The van der Waals surface area contributed by atoms with E-state index in [4.69, 9.17) is 0 Å². The Bertz CT molecular complexity index is 881. The zero-order chi connectivity index (χ0) is 16.2. The fourth-order valence-corrected chi connectivity index (χ4v) is 2.47. The average Bonchev–Trinajstić information content (AvgIpc) is 2.94. The second-order valence-electron chi connectivity index (χ2n) is 5.30. The number of nitrogens with zero attached hydrogens (tertiary/aromatic N) is 2. The number of hydrazone groups is 1. The quantitative estimate of drug-likeness (QED) is 0.574. The molecule has 0 fully saturated rings. The number of benzene rings is 2. The summed E-state index contributed by atoms with van der Waals surface area (Å²) in [6, 6.07) is 14.9. The van der Waals surface area contributed by atoms with Crippen molar-refractivity contribution >= 4 is 22.9 Å². The van der Waals surface area contributed by atoms with Crippen molar-refractivity contribution < 1.29 is 9.90 Å². The SMILES string of the molecule is Cn1cccc1CC(=O)NN=Cc1c(O)ccc2ccccc12. The second-order valence-corrected chi connectivity index (χ2v) is 5.30. The highest BCUT2D eigenvalue weighted by Crippen LogP contribution is 2.25. The Morgan fingerprint density at radius 1 is 1.22 bits per heavy atom. The second kappa shape index (κ2) is 6.36. The Morgan fingerprint density at radius 2 is 2.04 bits per heavy atom. The lowest BCUT2D eigenvalue weighted by molar-refractivity contribution is -0.120. The molecule has 0 saturated carbocycles. The van der Waals surface area contributed by atoms with E-state index in [0.29, 0.717) is 5.56 Å². The molecule has 3 aromatic rings. The summed E-state index contributed by atoms with van der Waals surface area (Å²) in [6.07, 6.45) is 3.61. The highest BCUT2D eigenvalue weighted by molar-refractivity contribution is 6.02. The van der Waals surface area contributed by atoms with Crippen LogP contribution in [0.15, 0.2) is 59.8 Å². The van der Waals surface area contributed by atoms with Gasteiger partial charge in [-0.3, -0.25) is 4.79 Å². The van der Waals surface area contributed by atoms with E-state index in [2.05, 4.69) is 10.5 Å². The monoisotopic (exact) mass is 307 g/mol. The number of hydrogen-bond donors (Lipinski definition) is 2. The van der Waals surface area contributed by atoms with Crippen LogP contribution in [-0.2, 0) is 18.3 Å². The fourth-order valence-electron chi connectivity index (χ4n) is 2.47. The molecule has 0 aliphatic heterocycles. The highest BCUT2D eigenvalue weighted by atomic mass is 16.3. The number of aromatic nitrogens is 1. The molecule has 0 bridgehead atoms. The van der Waals surface area contributed by atoms with Crippen molar-refractivity contribution in [2.75, 3.05) is 0 Å². The topological polar surface area (TPSA) is 66.6 Å². The van der Waals surface area contributed by atoms with Crippen molar-refractivity contribution in [2.24, 2.45) is 12.1 Å². The average molecular weight is 307 g/mol. The van der Waals surface area contributed by atoms with Gasteiger partial charge >= 0.3 is 0 Å². The van der Waals surface area contributed by atoms with Gasteiger partial charge in [0.25, 0.3) is 0 Å². The molecule has 23 heavy (non-hydrogen) atoms. The third kappa shape index (κ3) is 3.23. The van der Waals surface area contributed by atoms with Crippen molar-refractivity contribution in [1.82, 2.24) is 9.99 Å². The number of aryl methyl sites for hydroxylation is 1. The number of carbonyl (C=O) groups excluding carboxylic acids is 1. The van der Waals surface area contributed by atoms with Gasteiger partial charge in [-0.05, 0) is 29.0 Å². The van der Waals surface area contributed by atoms with Crippen molar-refractivity contribution in [1.29, 1.82) is 0 Å². The lowest BCUT2D eigenvalue weighted by Gasteiger charge is -2.05. The molecule has 5 heteroatoms. The van der Waals surface area contributed by atoms with E-state index < -0.39 is 0 Å². The van der Waals surface area contributed by atoms with Gasteiger partial charge in [0.1, 0.15) is 5.75 Å². The molecular weight excluding hydrogens is 290 g/mol. The minimum absolute atomic E-state index is 0.129. The lowest BCUT2D eigenvalue weighted by Crippen LogP contribution is -2.20. The molecule has 116 valence electrons. The van der Waals surface area contributed by atoms with Crippen LogP contribution in [0.5, 0.6) is 5.75 Å². The summed E-state index contributed by atoms with van der Waals surface area (Å²) >= 11 is 0. The normalized spacial score (nSPS) is 11.2. The lowest BCUT2D eigenvalue weighted by atomic mass is 10.0. The van der Waals surface area contributed by atoms with Crippen LogP contribution in [0.25, 0.3) is 10.8 Å². The van der Waals surface area contributed by atoms with E-state index in [1.807, 2.05) is 60.3 Å². The van der Waals surface area contributed by atoms with Crippen LogP contribution in [0.2, 0.25) is 0 Å². The summed E-state index contributed by atoms with van der Waals surface area (Å²) in [4.78, 5) is 11.9. The number of aromatic hydroxyl groups is 1. The molecule has 0 saturated heterocycles.